The van der Waals surface area contributed by atoms with Crippen LogP contribution in [0.2, 0.25) is 0 Å². The first-order valence-corrected chi connectivity index (χ1v) is 30.6. The highest BCUT2D eigenvalue weighted by Gasteiger charge is 2.46. The lowest BCUT2D eigenvalue weighted by Crippen LogP contribution is -2.59. The molecule has 8 amide bonds. The fourth-order valence-electron chi connectivity index (χ4n) is 11.9. The highest BCUT2D eigenvalue weighted by atomic mass is 16.6. The van der Waals surface area contributed by atoms with Crippen molar-refractivity contribution >= 4 is 36.1 Å². The summed E-state index contributed by atoms with van der Waals surface area (Å²) in [5.74, 6) is -1.41. The largest absolute Gasteiger partial charge is 0.449 e. The van der Waals surface area contributed by atoms with Gasteiger partial charge in [0, 0.05) is 76.0 Å². The number of aliphatic hydroxyl groups excluding tert-OH is 1. The highest BCUT2D eigenvalue weighted by Crippen LogP contribution is 2.46. The Labute approximate surface area is 500 Å². The van der Waals surface area contributed by atoms with Crippen molar-refractivity contribution in [1.29, 1.82) is 0 Å². The number of nitrogens with one attached hydrogen (secondary N) is 5. The number of ether oxygens (including phenoxy) is 4. The molecule has 2 aromatic carbocycles. The molecule has 0 bridgehead atoms. The first-order chi connectivity index (χ1) is 41.3. The Bertz CT molecular complexity index is 2710. The van der Waals surface area contributed by atoms with Crippen LogP contribution in [0.5, 0.6) is 0 Å². The second kappa shape index (κ2) is 32.2. The molecule has 6 N–H and O–H groups in total. The van der Waals surface area contributed by atoms with E-state index in [1.165, 1.54) is 4.90 Å². The van der Waals surface area contributed by atoms with Crippen molar-refractivity contribution in [3.8, 4) is 0 Å². The minimum atomic E-state index is -1.79. The number of hydrogen-bond acceptors (Lipinski definition) is 13. The number of hydrogen-bond donors (Lipinski definition) is 6. The van der Waals surface area contributed by atoms with Crippen molar-refractivity contribution in [3.63, 3.8) is 0 Å². The number of aromatic nitrogens is 2. The van der Waals surface area contributed by atoms with E-state index in [0.717, 1.165) is 47.9 Å². The van der Waals surface area contributed by atoms with Crippen molar-refractivity contribution in [2.24, 2.45) is 10.8 Å². The smallest absolute Gasteiger partial charge is 0.411 e. The first kappa shape index (κ1) is 63.7. The molecule has 6 atom stereocenters. The minimum absolute atomic E-state index is 0.0362. The third kappa shape index (κ3) is 19.1. The number of benzene rings is 2. The number of nitrogens with zero attached hydrogens (tertiary/aromatic N) is 5. The van der Waals surface area contributed by atoms with Crippen molar-refractivity contribution < 1.29 is 52.8 Å². The number of urea groups is 2. The maximum Gasteiger partial charge on any atom is 0.411 e. The van der Waals surface area contributed by atoms with Gasteiger partial charge in [-0.3, -0.25) is 19.6 Å². The van der Waals surface area contributed by atoms with Crippen molar-refractivity contribution in [1.82, 2.24) is 51.3 Å². The van der Waals surface area contributed by atoms with Gasteiger partial charge in [0.2, 0.25) is 6.10 Å². The van der Waals surface area contributed by atoms with Crippen LogP contribution in [-0.2, 0) is 41.4 Å². The van der Waals surface area contributed by atoms with Gasteiger partial charge in [0.25, 0.3) is 11.8 Å². The molecule has 2 aromatic heterocycles. The fourth-order valence-corrected chi connectivity index (χ4v) is 11.9. The van der Waals surface area contributed by atoms with Gasteiger partial charge >= 0.3 is 24.2 Å². The quantitative estimate of drug-likeness (QED) is 0.0290. The predicted molar refractivity (Wildman–Crippen MR) is 319 cm³/mol. The zero-order chi connectivity index (χ0) is 59.9. The van der Waals surface area contributed by atoms with Crippen LogP contribution in [0.1, 0.15) is 125 Å². The predicted octanol–water partition coefficient (Wildman–Crippen LogP) is 7.41. The summed E-state index contributed by atoms with van der Waals surface area (Å²) in [5, 5.41) is 27.6. The van der Waals surface area contributed by atoms with E-state index in [-0.39, 0.29) is 43.5 Å². The van der Waals surface area contributed by atoms with E-state index in [4.69, 9.17) is 18.9 Å². The van der Waals surface area contributed by atoms with E-state index in [1.54, 1.807) is 28.4 Å². The van der Waals surface area contributed by atoms with Gasteiger partial charge in [-0.15, -0.1) is 0 Å². The maximum atomic E-state index is 15.9. The van der Waals surface area contributed by atoms with Gasteiger partial charge in [-0.2, -0.15) is 0 Å². The Hall–Kier alpha value is -7.36. The molecule has 2 aliphatic carbocycles. The molecule has 460 valence electrons. The number of amides is 8. The lowest BCUT2D eigenvalue weighted by Gasteiger charge is -2.47. The monoisotopic (exact) mass is 1170 g/mol. The van der Waals surface area contributed by atoms with Gasteiger partial charge in [-0.1, -0.05) is 85.6 Å². The van der Waals surface area contributed by atoms with Crippen LogP contribution in [-0.4, -0.2) is 169 Å². The van der Waals surface area contributed by atoms with E-state index in [0.29, 0.717) is 117 Å². The van der Waals surface area contributed by atoms with Gasteiger partial charge in [0.1, 0.15) is 0 Å². The Morgan fingerprint density at radius 1 is 0.624 bits per heavy atom. The molecule has 21 nitrogen and oxygen atoms in total. The standard InChI is InChI=1S/C64H88N10O11/c1-47(51-19-5-3-6-20-51)69-57(76)55(75)54(24-10-12-32-68-60(79)73-35-39-83-40-36-73)74(45-63(25-15-26-63)41-49-17-13-29-65-43-49)62(81)85-56(58(77)70-48(2)52-21-7-4-8-22-52)53(23-9-11-31-67-59(78)72-33-37-82-38-34-72)71-61(80)84-46-64(27-16-28-64)42-50-18-14-30-66-44-50/h3-8,13-14,17-22,29-30,43-44,47-48,53-56,75H,9-12,15-16,23-28,31-42,45-46H2,1-2H3,(H,67,78)(H,68,79)(H,69,76)(H,70,77)(H,71,80)/t47-,48-,53+,54?,55?,56?/m1/s1. The molecule has 2 aliphatic heterocycles. The normalized spacial score (nSPS) is 18.2. The molecular formula is C64H88N10O11. The molecule has 0 spiro atoms. The molecular weight excluding hydrogens is 1080 g/mol. The van der Waals surface area contributed by atoms with Crippen LogP contribution in [0.15, 0.2) is 110 Å². The van der Waals surface area contributed by atoms with Crippen molar-refractivity contribution in [3.05, 3.63) is 132 Å². The van der Waals surface area contributed by atoms with Crippen LogP contribution in [0.3, 0.4) is 0 Å². The average Bonchev–Trinajstić information content (AvgIpc) is 3.36. The van der Waals surface area contributed by atoms with E-state index in [9.17, 15) is 24.3 Å². The molecule has 2 saturated heterocycles. The SMILES string of the molecule is C[C@@H](NC(=O)C(O)C(CCCCNC(=O)N1CCOCC1)N(CC1(Cc2cccnc2)CCC1)C(=O)OC(C(=O)N[C@H](C)c1ccccc1)[C@H](CCCCNC(=O)N1CCOCC1)NC(=O)OCC1(Cc2cccnc2)CCC1)c1ccccc1. The first-order valence-electron chi connectivity index (χ1n) is 30.6. The van der Waals surface area contributed by atoms with Gasteiger partial charge in [-0.05, 0) is 131 Å². The van der Waals surface area contributed by atoms with E-state index in [1.807, 2.05) is 105 Å². The van der Waals surface area contributed by atoms with Crippen LogP contribution in [0.4, 0.5) is 19.2 Å². The summed E-state index contributed by atoms with van der Waals surface area (Å²) in [6, 6.07) is 22.5. The molecule has 4 aromatic rings. The lowest BCUT2D eigenvalue weighted by atomic mass is 9.65. The summed E-state index contributed by atoms with van der Waals surface area (Å²) in [5.41, 5.74) is 2.70. The third-order valence-electron chi connectivity index (χ3n) is 17.2. The second-order valence-electron chi connectivity index (χ2n) is 23.5. The highest BCUT2D eigenvalue weighted by molar-refractivity contribution is 5.86. The van der Waals surface area contributed by atoms with Gasteiger partial charge < -0.3 is 65.3 Å². The van der Waals surface area contributed by atoms with Crippen molar-refractivity contribution in [2.45, 2.75) is 140 Å². The second-order valence-corrected chi connectivity index (χ2v) is 23.5. The number of alkyl carbamates (subject to hydrolysis) is 1. The van der Waals surface area contributed by atoms with Crippen LogP contribution < -0.4 is 26.6 Å². The molecule has 2 saturated carbocycles. The van der Waals surface area contributed by atoms with E-state index in [2.05, 4.69) is 36.6 Å². The number of carbonyl (C=O) groups excluding carboxylic acids is 6. The van der Waals surface area contributed by atoms with Crippen LogP contribution >= 0.6 is 0 Å². The Morgan fingerprint density at radius 2 is 1.12 bits per heavy atom. The zero-order valence-electron chi connectivity index (χ0n) is 49.5. The molecule has 4 heterocycles. The Balaban J connectivity index is 1.11. The zero-order valence-corrected chi connectivity index (χ0v) is 49.5. The molecule has 4 fully saturated rings. The van der Waals surface area contributed by atoms with Gasteiger partial charge in [0.05, 0.1) is 57.2 Å². The van der Waals surface area contributed by atoms with E-state index >= 15 is 9.59 Å². The van der Waals surface area contributed by atoms with Gasteiger partial charge in [0.15, 0.2) is 6.10 Å². The summed E-state index contributed by atoms with van der Waals surface area (Å²) in [6.45, 7) is 8.03. The fraction of sp³-hybridized carbons (Fsp3) is 0.562. The molecule has 4 aliphatic rings. The summed E-state index contributed by atoms with van der Waals surface area (Å²) in [4.78, 5) is 99.9. The van der Waals surface area contributed by atoms with Crippen molar-refractivity contribution in [2.75, 3.05) is 78.8 Å². The van der Waals surface area contributed by atoms with Gasteiger partial charge in [-0.25, -0.2) is 19.2 Å². The number of unbranched alkanes of at least 4 members (excludes halogenated alkanes) is 2. The maximum absolute atomic E-state index is 15.9. The number of morpholine rings is 2. The summed E-state index contributed by atoms with van der Waals surface area (Å²) in [6.07, 6.45) is 9.74. The number of aliphatic hydroxyl groups is 1. The van der Waals surface area contributed by atoms with Crippen LogP contribution in [0, 0.1) is 10.8 Å². The minimum Gasteiger partial charge on any atom is -0.449 e. The summed E-state index contributed by atoms with van der Waals surface area (Å²) < 4.78 is 23.6. The molecule has 21 heteroatoms. The summed E-state index contributed by atoms with van der Waals surface area (Å²) in [7, 11) is 0. The Morgan fingerprint density at radius 3 is 1.60 bits per heavy atom. The third-order valence-corrected chi connectivity index (χ3v) is 17.2. The summed E-state index contributed by atoms with van der Waals surface area (Å²) >= 11 is 0. The molecule has 85 heavy (non-hydrogen) atoms. The topological polar surface area (TPSA) is 255 Å². The number of carbonyl (C=O) groups is 6. The van der Waals surface area contributed by atoms with E-state index < -0.39 is 65.8 Å². The van der Waals surface area contributed by atoms with Crippen LogP contribution in [0.25, 0.3) is 0 Å². The Kier molecular flexibility index (Phi) is 24.1. The molecule has 0 radical (unpaired) electrons. The number of pyridine rings is 2. The molecule has 8 rings (SSSR count). The lowest BCUT2D eigenvalue weighted by molar-refractivity contribution is -0.137. The molecule has 3 unspecified atom stereocenters. The average molecular weight is 1170 g/mol. The number of rotatable bonds is 29.